The first-order valence-electron chi connectivity index (χ1n) is 5.53. The smallest absolute Gasteiger partial charge is 0.238 e. The van der Waals surface area contributed by atoms with E-state index in [2.05, 4.69) is 17.2 Å². The van der Waals surface area contributed by atoms with Crippen LogP contribution in [0.1, 0.15) is 0 Å². The summed E-state index contributed by atoms with van der Waals surface area (Å²) in [6, 6.07) is 7.70. The Hall–Kier alpha value is -1.81. The fourth-order valence-electron chi connectivity index (χ4n) is 1.45. The molecule has 1 aromatic rings. The summed E-state index contributed by atoms with van der Waals surface area (Å²) in [5.41, 5.74) is 1.81. The van der Waals surface area contributed by atoms with E-state index < -0.39 is 0 Å². The molecule has 0 bridgehead atoms. The second kappa shape index (κ2) is 6.70. The van der Waals surface area contributed by atoms with E-state index in [1.54, 1.807) is 6.08 Å². The maximum Gasteiger partial charge on any atom is 0.238 e. The molecule has 0 aromatic heterocycles. The van der Waals surface area contributed by atoms with Crippen molar-refractivity contribution < 1.29 is 4.79 Å². The lowest BCUT2D eigenvalue weighted by Crippen LogP contribution is -2.28. The third kappa shape index (κ3) is 4.28. The molecule has 0 heterocycles. The lowest BCUT2D eigenvalue weighted by Gasteiger charge is -2.17. The van der Waals surface area contributed by atoms with Gasteiger partial charge >= 0.3 is 0 Å². The van der Waals surface area contributed by atoms with E-state index in [0.29, 0.717) is 6.54 Å². The van der Waals surface area contributed by atoms with Crippen LogP contribution in [0.15, 0.2) is 36.9 Å². The van der Waals surface area contributed by atoms with Gasteiger partial charge < -0.3 is 15.5 Å². The summed E-state index contributed by atoms with van der Waals surface area (Å²) in [5.74, 6) is -0.0545. The van der Waals surface area contributed by atoms with Crippen molar-refractivity contribution in [1.82, 2.24) is 5.32 Å². The third-order valence-electron chi connectivity index (χ3n) is 2.23. The molecule has 0 radical (unpaired) electrons. The van der Waals surface area contributed by atoms with E-state index in [-0.39, 0.29) is 12.5 Å². The minimum atomic E-state index is -0.0545. The summed E-state index contributed by atoms with van der Waals surface area (Å²) < 4.78 is 0. The second-order valence-corrected chi connectivity index (χ2v) is 3.88. The number of benzene rings is 1. The number of para-hydroxylation sites is 2. The molecule has 0 aliphatic carbocycles. The average Bonchev–Trinajstić information content (AvgIpc) is 2.29. The molecule has 2 N–H and O–H groups in total. The third-order valence-corrected chi connectivity index (χ3v) is 2.23. The molecule has 4 nitrogen and oxygen atoms in total. The van der Waals surface area contributed by atoms with Gasteiger partial charge in [0.05, 0.1) is 17.9 Å². The fourth-order valence-corrected chi connectivity index (χ4v) is 1.45. The molecule has 0 atom stereocenters. The topological polar surface area (TPSA) is 44.4 Å². The van der Waals surface area contributed by atoms with Crippen LogP contribution in [0.4, 0.5) is 11.4 Å². The van der Waals surface area contributed by atoms with Crippen LogP contribution in [0.2, 0.25) is 0 Å². The van der Waals surface area contributed by atoms with Crippen molar-refractivity contribution in [3.63, 3.8) is 0 Å². The van der Waals surface area contributed by atoms with Gasteiger partial charge in [-0.25, -0.2) is 0 Å². The highest BCUT2D eigenvalue weighted by atomic mass is 16.1. The maximum absolute atomic E-state index is 11.6. The number of hydrogen-bond donors (Lipinski definition) is 2. The molecule has 17 heavy (non-hydrogen) atoms. The lowest BCUT2D eigenvalue weighted by atomic mass is 10.2. The highest BCUT2D eigenvalue weighted by Gasteiger charge is 2.06. The molecule has 4 heteroatoms. The Balaban J connectivity index is 2.61. The lowest BCUT2D eigenvalue weighted by molar-refractivity contribution is -0.115. The number of carbonyl (C=O) groups is 1. The fraction of sp³-hybridized carbons (Fsp3) is 0.308. The SMILES string of the molecule is C=CCNCC(=O)Nc1ccccc1N(C)C. The van der Waals surface area contributed by atoms with Crippen LogP contribution in [-0.2, 0) is 4.79 Å². The predicted molar refractivity (Wildman–Crippen MR) is 72.5 cm³/mol. The molecular weight excluding hydrogens is 214 g/mol. The van der Waals surface area contributed by atoms with Gasteiger partial charge in [0.25, 0.3) is 0 Å². The van der Waals surface area contributed by atoms with Crippen molar-refractivity contribution in [2.24, 2.45) is 0 Å². The molecule has 0 fully saturated rings. The van der Waals surface area contributed by atoms with Crippen LogP contribution in [0, 0.1) is 0 Å². The Morgan fingerprint density at radius 2 is 2.12 bits per heavy atom. The van der Waals surface area contributed by atoms with Crippen LogP contribution in [0.5, 0.6) is 0 Å². The quantitative estimate of drug-likeness (QED) is 0.577. The molecule has 0 aliphatic heterocycles. The van der Waals surface area contributed by atoms with E-state index in [9.17, 15) is 4.79 Å². The number of nitrogens with one attached hydrogen (secondary N) is 2. The summed E-state index contributed by atoms with van der Waals surface area (Å²) in [6.45, 7) is 4.49. The first kappa shape index (κ1) is 13.3. The highest BCUT2D eigenvalue weighted by molar-refractivity contribution is 5.95. The van der Waals surface area contributed by atoms with E-state index in [4.69, 9.17) is 0 Å². The number of rotatable bonds is 6. The van der Waals surface area contributed by atoms with Crippen molar-refractivity contribution in [2.75, 3.05) is 37.4 Å². The average molecular weight is 233 g/mol. The minimum absolute atomic E-state index is 0.0545. The molecule has 0 unspecified atom stereocenters. The molecule has 0 spiro atoms. The van der Waals surface area contributed by atoms with Gasteiger partial charge in [0.15, 0.2) is 0 Å². The largest absolute Gasteiger partial charge is 0.376 e. The van der Waals surface area contributed by atoms with Crippen LogP contribution in [0.3, 0.4) is 0 Å². The van der Waals surface area contributed by atoms with E-state index in [1.807, 2.05) is 43.3 Å². The summed E-state index contributed by atoms with van der Waals surface area (Å²) in [7, 11) is 3.89. The molecule has 1 rings (SSSR count). The molecule has 1 aromatic carbocycles. The zero-order chi connectivity index (χ0) is 12.7. The van der Waals surface area contributed by atoms with E-state index >= 15 is 0 Å². The maximum atomic E-state index is 11.6. The molecule has 92 valence electrons. The van der Waals surface area contributed by atoms with Crippen LogP contribution in [0.25, 0.3) is 0 Å². The zero-order valence-electron chi connectivity index (χ0n) is 10.4. The van der Waals surface area contributed by atoms with Gasteiger partial charge in [-0.05, 0) is 12.1 Å². The van der Waals surface area contributed by atoms with Gasteiger partial charge in [0.2, 0.25) is 5.91 Å². The van der Waals surface area contributed by atoms with Crippen molar-refractivity contribution in [3.8, 4) is 0 Å². The Kier molecular flexibility index (Phi) is 5.23. The predicted octanol–water partition coefficient (Wildman–Crippen LogP) is 1.47. The normalized spacial score (nSPS) is 9.76. The number of amides is 1. The van der Waals surface area contributed by atoms with Crippen molar-refractivity contribution in [2.45, 2.75) is 0 Å². The minimum Gasteiger partial charge on any atom is -0.376 e. The zero-order valence-corrected chi connectivity index (χ0v) is 10.4. The molecule has 0 saturated carbocycles. The number of nitrogens with zero attached hydrogens (tertiary/aromatic N) is 1. The van der Waals surface area contributed by atoms with E-state index in [0.717, 1.165) is 11.4 Å². The van der Waals surface area contributed by atoms with Crippen LogP contribution >= 0.6 is 0 Å². The Morgan fingerprint density at radius 1 is 1.41 bits per heavy atom. The molecule has 0 saturated heterocycles. The Morgan fingerprint density at radius 3 is 2.76 bits per heavy atom. The molecule has 0 aliphatic rings. The number of hydrogen-bond acceptors (Lipinski definition) is 3. The van der Waals surface area contributed by atoms with Gasteiger partial charge in [-0.1, -0.05) is 18.2 Å². The van der Waals surface area contributed by atoms with Gasteiger partial charge in [0, 0.05) is 20.6 Å². The standard InChI is InChI=1S/C13H19N3O/c1-4-9-14-10-13(17)15-11-7-5-6-8-12(11)16(2)3/h4-8,14H,1,9-10H2,2-3H3,(H,15,17). The van der Waals surface area contributed by atoms with Gasteiger partial charge in [0.1, 0.15) is 0 Å². The first-order valence-corrected chi connectivity index (χ1v) is 5.53. The monoisotopic (exact) mass is 233 g/mol. The summed E-state index contributed by atoms with van der Waals surface area (Å²) >= 11 is 0. The molecule has 1 amide bonds. The Labute approximate surface area is 102 Å². The van der Waals surface area contributed by atoms with Gasteiger partial charge in [-0.2, -0.15) is 0 Å². The first-order chi connectivity index (χ1) is 8.15. The van der Waals surface area contributed by atoms with Gasteiger partial charge in [-0.3, -0.25) is 4.79 Å². The second-order valence-electron chi connectivity index (χ2n) is 3.88. The summed E-state index contributed by atoms with van der Waals surface area (Å²) in [5, 5.41) is 5.83. The number of carbonyl (C=O) groups excluding carboxylic acids is 1. The van der Waals surface area contributed by atoms with Gasteiger partial charge in [-0.15, -0.1) is 6.58 Å². The van der Waals surface area contributed by atoms with Crippen molar-refractivity contribution in [1.29, 1.82) is 0 Å². The van der Waals surface area contributed by atoms with Crippen molar-refractivity contribution in [3.05, 3.63) is 36.9 Å². The summed E-state index contributed by atoms with van der Waals surface area (Å²) in [4.78, 5) is 13.6. The van der Waals surface area contributed by atoms with E-state index in [1.165, 1.54) is 0 Å². The van der Waals surface area contributed by atoms with Crippen LogP contribution in [-0.4, -0.2) is 33.1 Å². The number of anilines is 2. The van der Waals surface area contributed by atoms with Crippen LogP contribution < -0.4 is 15.5 Å². The molecular formula is C13H19N3O. The Bertz CT molecular complexity index is 388. The summed E-state index contributed by atoms with van der Waals surface area (Å²) in [6.07, 6.45) is 1.72. The van der Waals surface area contributed by atoms with Crippen molar-refractivity contribution >= 4 is 17.3 Å². The highest BCUT2D eigenvalue weighted by Crippen LogP contribution is 2.22.